The summed E-state index contributed by atoms with van der Waals surface area (Å²) in [5, 5.41) is 7.13. The molecule has 2 aromatic heterocycles. The van der Waals surface area contributed by atoms with E-state index in [1.165, 1.54) is 0 Å². The number of hydrogen-bond donors (Lipinski definition) is 1. The zero-order valence-electron chi connectivity index (χ0n) is 12.7. The minimum absolute atomic E-state index is 0.111. The molecule has 0 saturated heterocycles. The summed E-state index contributed by atoms with van der Waals surface area (Å²) in [6.07, 6.45) is 5.83. The van der Waals surface area contributed by atoms with Gasteiger partial charge < -0.3 is 5.32 Å². The number of carbonyl (C=O) groups is 1. The Labute approximate surface area is 135 Å². The predicted octanol–water partition coefficient (Wildman–Crippen LogP) is 2.30. The third-order valence-electron chi connectivity index (χ3n) is 3.48. The molecule has 0 unspecified atom stereocenters. The van der Waals surface area contributed by atoms with Crippen LogP contribution in [-0.2, 0) is 13.0 Å². The van der Waals surface area contributed by atoms with E-state index in [1.807, 2.05) is 48.5 Å². The van der Waals surface area contributed by atoms with Gasteiger partial charge in [-0.25, -0.2) is 0 Å². The number of nitrogens with zero attached hydrogens (tertiary/aromatic N) is 3. The maximum atomic E-state index is 12.1. The summed E-state index contributed by atoms with van der Waals surface area (Å²) in [7, 11) is 0. The van der Waals surface area contributed by atoms with E-state index in [9.17, 15) is 4.79 Å². The van der Waals surface area contributed by atoms with Crippen LogP contribution in [0.15, 0.2) is 67.1 Å². The van der Waals surface area contributed by atoms with E-state index < -0.39 is 0 Å². The number of hydrogen-bond acceptors (Lipinski definition) is 3. The summed E-state index contributed by atoms with van der Waals surface area (Å²) in [4.78, 5) is 16.3. The molecule has 0 aliphatic heterocycles. The molecule has 0 bridgehead atoms. The topological polar surface area (TPSA) is 59.8 Å². The van der Waals surface area contributed by atoms with Crippen LogP contribution in [0.25, 0.3) is 0 Å². The highest BCUT2D eigenvalue weighted by Gasteiger charge is 2.08. The number of benzene rings is 1. The Hall–Kier alpha value is -2.95. The van der Waals surface area contributed by atoms with Crippen molar-refractivity contribution in [1.29, 1.82) is 0 Å². The van der Waals surface area contributed by atoms with Crippen molar-refractivity contribution in [3.63, 3.8) is 0 Å². The summed E-state index contributed by atoms with van der Waals surface area (Å²) < 4.78 is 1.77. The fourth-order valence-corrected chi connectivity index (χ4v) is 2.29. The molecule has 3 aromatic rings. The van der Waals surface area contributed by atoms with Crippen LogP contribution in [0, 0.1) is 0 Å². The Balaban J connectivity index is 1.52. The zero-order chi connectivity index (χ0) is 15.9. The van der Waals surface area contributed by atoms with Crippen LogP contribution in [0.1, 0.15) is 21.6 Å². The van der Waals surface area contributed by atoms with Crippen LogP contribution in [0.4, 0.5) is 0 Å². The lowest BCUT2D eigenvalue weighted by Gasteiger charge is -2.03. The van der Waals surface area contributed by atoms with E-state index in [4.69, 9.17) is 0 Å². The number of pyridine rings is 1. The third-order valence-corrected chi connectivity index (χ3v) is 3.48. The second kappa shape index (κ2) is 7.35. The maximum absolute atomic E-state index is 12.1. The maximum Gasteiger partial charge on any atom is 0.254 e. The Morgan fingerprint density at radius 3 is 2.70 bits per heavy atom. The minimum atomic E-state index is -0.111. The average Bonchev–Trinajstić information content (AvgIpc) is 3.05. The van der Waals surface area contributed by atoms with Crippen molar-refractivity contribution < 1.29 is 4.79 Å². The first-order valence-electron chi connectivity index (χ1n) is 7.56. The summed E-state index contributed by atoms with van der Waals surface area (Å²) in [5.41, 5.74) is 2.69. The van der Waals surface area contributed by atoms with Crippen LogP contribution in [-0.4, -0.2) is 27.2 Å². The molecule has 1 amide bonds. The molecule has 1 N–H and O–H groups in total. The monoisotopic (exact) mass is 306 g/mol. The van der Waals surface area contributed by atoms with Crippen molar-refractivity contribution >= 4 is 5.91 Å². The largest absolute Gasteiger partial charge is 0.352 e. The SMILES string of the molecule is O=C(NCCc1ccccn1)c1cnn(Cc2ccccc2)c1. The van der Waals surface area contributed by atoms with Gasteiger partial charge in [-0.15, -0.1) is 0 Å². The fourth-order valence-electron chi connectivity index (χ4n) is 2.29. The number of carbonyl (C=O) groups excluding carboxylic acids is 1. The lowest BCUT2D eigenvalue weighted by atomic mass is 10.2. The molecule has 0 radical (unpaired) electrons. The first-order chi connectivity index (χ1) is 11.3. The van der Waals surface area contributed by atoms with Gasteiger partial charge >= 0.3 is 0 Å². The van der Waals surface area contributed by atoms with Crippen LogP contribution in [0.3, 0.4) is 0 Å². The van der Waals surface area contributed by atoms with E-state index >= 15 is 0 Å². The number of amides is 1. The second-order valence-electron chi connectivity index (χ2n) is 5.24. The van der Waals surface area contributed by atoms with Gasteiger partial charge in [0.15, 0.2) is 0 Å². The predicted molar refractivity (Wildman–Crippen MR) is 88.0 cm³/mol. The Bertz CT molecular complexity index is 753. The third kappa shape index (κ3) is 4.26. The van der Waals surface area contributed by atoms with Gasteiger partial charge in [0, 0.05) is 31.1 Å². The molecule has 1 aromatic carbocycles. The smallest absolute Gasteiger partial charge is 0.254 e. The van der Waals surface area contributed by atoms with Gasteiger partial charge in [0.1, 0.15) is 0 Å². The van der Waals surface area contributed by atoms with Crippen molar-refractivity contribution in [2.24, 2.45) is 0 Å². The first-order valence-corrected chi connectivity index (χ1v) is 7.56. The molecule has 0 spiro atoms. The molecule has 0 aliphatic rings. The van der Waals surface area contributed by atoms with Crippen molar-refractivity contribution in [2.75, 3.05) is 6.54 Å². The van der Waals surface area contributed by atoms with Gasteiger partial charge in [0.25, 0.3) is 5.91 Å². The van der Waals surface area contributed by atoms with E-state index in [2.05, 4.69) is 15.4 Å². The van der Waals surface area contributed by atoms with E-state index in [1.54, 1.807) is 23.3 Å². The fraction of sp³-hybridized carbons (Fsp3) is 0.167. The molecule has 23 heavy (non-hydrogen) atoms. The first kappa shape index (κ1) is 15.0. The van der Waals surface area contributed by atoms with E-state index in [0.717, 1.165) is 11.3 Å². The highest BCUT2D eigenvalue weighted by molar-refractivity contribution is 5.93. The van der Waals surface area contributed by atoms with Gasteiger partial charge in [-0.2, -0.15) is 5.10 Å². The molecule has 2 heterocycles. The normalized spacial score (nSPS) is 10.4. The zero-order valence-corrected chi connectivity index (χ0v) is 12.7. The van der Waals surface area contributed by atoms with Gasteiger partial charge in [0.2, 0.25) is 0 Å². The van der Waals surface area contributed by atoms with Crippen LogP contribution < -0.4 is 5.32 Å². The molecule has 0 fully saturated rings. The van der Waals surface area contributed by atoms with Crippen molar-refractivity contribution in [1.82, 2.24) is 20.1 Å². The summed E-state index contributed by atoms with van der Waals surface area (Å²) in [6.45, 7) is 1.21. The number of aromatic nitrogens is 3. The molecular weight excluding hydrogens is 288 g/mol. The molecule has 0 saturated carbocycles. The Kier molecular flexibility index (Phi) is 4.79. The lowest BCUT2D eigenvalue weighted by molar-refractivity contribution is 0.0954. The van der Waals surface area contributed by atoms with Gasteiger partial charge in [-0.05, 0) is 17.7 Å². The summed E-state index contributed by atoms with van der Waals surface area (Å²) >= 11 is 0. The standard InChI is InChI=1S/C18H18N4O/c23-18(20-11-9-17-8-4-5-10-19-17)16-12-21-22(14-16)13-15-6-2-1-3-7-15/h1-8,10,12,14H,9,11,13H2,(H,20,23). The number of nitrogens with one attached hydrogen (secondary N) is 1. The van der Waals surface area contributed by atoms with Crippen LogP contribution in [0.5, 0.6) is 0 Å². The Morgan fingerprint density at radius 2 is 1.91 bits per heavy atom. The van der Waals surface area contributed by atoms with Crippen LogP contribution in [0.2, 0.25) is 0 Å². The molecule has 5 heteroatoms. The van der Waals surface area contributed by atoms with Gasteiger partial charge in [-0.3, -0.25) is 14.5 Å². The van der Waals surface area contributed by atoms with E-state index in [-0.39, 0.29) is 5.91 Å². The molecule has 116 valence electrons. The summed E-state index contributed by atoms with van der Waals surface area (Å²) in [5.74, 6) is -0.111. The highest BCUT2D eigenvalue weighted by Crippen LogP contribution is 2.04. The number of rotatable bonds is 6. The molecule has 0 atom stereocenters. The molecule has 5 nitrogen and oxygen atoms in total. The van der Waals surface area contributed by atoms with Crippen molar-refractivity contribution in [3.05, 3.63) is 83.9 Å². The molecular formula is C18H18N4O. The highest BCUT2D eigenvalue weighted by atomic mass is 16.1. The molecule has 3 rings (SSSR count). The van der Waals surface area contributed by atoms with Crippen LogP contribution >= 0.6 is 0 Å². The minimum Gasteiger partial charge on any atom is -0.352 e. The van der Waals surface area contributed by atoms with Crippen molar-refractivity contribution in [2.45, 2.75) is 13.0 Å². The average molecular weight is 306 g/mol. The lowest BCUT2D eigenvalue weighted by Crippen LogP contribution is -2.25. The summed E-state index contributed by atoms with van der Waals surface area (Å²) in [6, 6.07) is 15.8. The van der Waals surface area contributed by atoms with Crippen molar-refractivity contribution in [3.8, 4) is 0 Å². The van der Waals surface area contributed by atoms with E-state index in [0.29, 0.717) is 25.1 Å². The van der Waals surface area contributed by atoms with Gasteiger partial charge in [-0.1, -0.05) is 36.4 Å². The quantitative estimate of drug-likeness (QED) is 0.760. The Morgan fingerprint density at radius 1 is 1.09 bits per heavy atom. The van der Waals surface area contributed by atoms with Gasteiger partial charge in [0.05, 0.1) is 18.3 Å². The molecule has 0 aliphatic carbocycles. The second-order valence-corrected chi connectivity index (χ2v) is 5.24.